The first kappa shape index (κ1) is 17.2. The van der Waals surface area contributed by atoms with Gasteiger partial charge >= 0.3 is 5.97 Å². The van der Waals surface area contributed by atoms with E-state index in [0.717, 1.165) is 11.1 Å². The maximum atomic E-state index is 12.3. The van der Waals surface area contributed by atoms with Crippen molar-refractivity contribution < 1.29 is 19.1 Å². The van der Waals surface area contributed by atoms with Gasteiger partial charge in [0.15, 0.2) is 0 Å². The summed E-state index contributed by atoms with van der Waals surface area (Å²) >= 11 is 0. The van der Waals surface area contributed by atoms with Crippen LogP contribution in [0.2, 0.25) is 0 Å². The maximum Gasteiger partial charge on any atom is 0.325 e. The lowest BCUT2D eigenvalue weighted by molar-refractivity contribution is -0.143. The predicted octanol–water partition coefficient (Wildman–Crippen LogP) is 1.20. The lowest BCUT2D eigenvalue weighted by atomic mass is 10.0. The normalized spacial score (nSPS) is 11.8. The number of amides is 2. The van der Waals surface area contributed by atoms with Crippen LogP contribution < -0.4 is 10.6 Å². The van der Waals surface area contributed by atoms with Crippen molar-refractivity contribution in [1.82, 2.24) is 10.6 Å². The third kappa shape index (κ3) is 4.69. The van der Waals surface area contributed by atoms with Gasteiger partial charge in [-0.25, -0.2) is 0 Å². The minimum Gasteiger partial charge on any atom is -0.465 e. The van der Waals surface area contributed by atoms with Crippen molar-refractivity contribution in [3.05, 3.63) is 59.4 Å². The minimum atomic E-state index is -0.519. The smallest absolute Gasteiger partial charge is 0.325 e. The third-order valence-electron chi connectivity index (χ3n) is 3.20. The molecule has 124 valence electrons. The second-order valence-corrected chi connectivity index (χ2v) is 4.89. The number of hydrogen-bond acceptors (Lipinski definition) is 4. The van der Waals surface area contributed by atoms with Gasteiger partial charge in [0.1, 0.15) is 6.54 Å². The highest BCUT2D eigenvalue weighted by Gasteiger charge is 2.14. The van der Waals surface area contributed by atoms with E-state index >= 15 is 0 Å². The van der Waals surface area contributed by atoms with Crippen molar-refractivity contribution in [1.29, 1.82) is 0 Å². The van der Waals surface area contributed by atoms with E-state index in [-0.39, 0.29) is 25.6 Å². The molecule has 6 nitrogen and oxygen atoms in total. The van der Waals surface area contributed by atoms with Crippen LogP contribution in [0.5, 0.6) is 0 Å². The molecule has 0 aromatic heterocycles. The second kappa shape index (κ2) is 8.50. The van der Waals surface area contributed by atoms with Crippen LogP contribution in [-0.2, 0) is 14.3 Å². The lowest BCUT2D eigenvalue weighted by Gasteiger charge is -2.10. The largest absolute Gasteiger partial charge is 0.465 e. The van der Waals surface area contributed by atoms with Crippen molar-refractivity contribution in [2.75, 3.05) is 19.7 Å². The second-order valence-electron chi connectivity index (χ2n) is 4.89. The Bertz CT molecular complexity index is 743. The fourth-order valence-corrected chi connectivity index (χ4v) is 2.11. The monoisotopic (exact) mass is 326 g/mol. The molecule has 6 heteroatoms. The van der Waals surface area contributed by atoms with Gasteiger partial charge in [-0.1, -0.05) is 24.3 Å². The molecule has 0 atom stereocenters. The Morgan fingerprint density at radius 3 is 2.62 bits per heavy atom. The summed E-state index contributed by atoms with van der Waals surface area (Å²) in [6.07, 6.45) is 5.47. The van der Waals surface area contributed by atoms with Crippen molar-refractivity contribution in [2.24, 2.45) is 0 Å². The van der Waals surface area contributed by atoms with Gasteiger partial charge in [-0.05, 0) is 25.1 Å². The summed E-state index contributed by atoms with van der Waals surface area (Å²) in [5, 5.41) is 4.92. The zero-order valence-electron chi connectivity index (χ0n) is 13.3. The number of allylic oxidation sites excluding steroid dienone is 3. The van der Waals surface area contributed by atoms with E-state index in [0.29, 0.717) is 5.56 Å². The highest BCUT2D eigenvalue weighted by Crippen LogP contribution is 2.21. The van der Waals surface area contributed by atoms with Gasteiger partial charge in [0.05, 0.1) is 13.2 Å². The van der Waals surface area contributed by atoms with Crippen LogP contribution in [0.25, 0.3) is 5.57 Å². The van der Waals surface area contributed by atoms with Gasteiger partial charge in [0, 0.05) is 16.7 Å². The number of carbonyl (C=O) groups excluding carboxylic acids is 3. The molecule has 1 aliphatic carbocycles. The molecule has 0 bridgehead atoms. The number of hydrogen-bond donors (Lipinski definition) is 2. The van der Waals surface area contributed by atoms with Crippen molar-refractivity contribution in [3.8, 4) is 0 Å². The molecule has 0 spiro atoms. The van der Waals surface area contributed by atoms with Gasteiger partial charge in [0.2, 0.25) is 5.91 Å². The lowest BCUT2D eigenvalue weighted by Crippen LogP contribution is -2.39. The van der Waals surface area contributed by atoms with E-state index in [1.807, 2.05) is 24.3 Å². The summed E-state index contributed by atoms with van der Waals surface area (Å²) in [7, 11) is 0. The van der Waals surface area contributed by atoms with Gasteiger partial charge < -0.3 is 15.4 Å². The first-order valence-corrected chi connectivity index (χ1v) is 7.55. The van der Waals surface area contributed by atoms with Gasteiger partial charge in [-0.2, -0.15) is 0 Å². The van der Waals surface area contributed by atoms with E-state index in [1.165, 1.54) is 0 Å². The molecule has 0 saturated carbocycles. The van der Waals surface area contributed by atoms with Crippen LogP contribution in [0.3, 0.4) is 0 Å². The number of rotatable bonds is 7. The van der Waals surface area contributed by atoms with E-state index in [2.05, 4.69) is 16.4 Å². The topological polar surface area (TPSA) is 84.5 Å². The summed E-state index contributed by atoms with van der Waals surface area (Å²) < 4.78 is 4.70. The first-order chi connectivity index (χ1) is 11.6. The number of carbonyl (C=O) groups is 3. The molecule has 0 fully saturated rings. The average molecular weight is 326 g/mol. The van der Waals surface area contributed by atoms with Crippen LogP contribution in [0.4, 0.5) is 0 Å². The quantitative estimate of drug-likeness (QED) is 0.582. The zero-order valence-corrected chi connectivity index (χ0v) is 13.3. The molecule has 24 heavy (non-hydrogen) atoms. The molecule has 0 unspecified atom stereocenters. The van der Waals surface area contributed by atoms with Crippen LogP contribution in [0.1, 0.15) is 22.8 Å². The van der Waals surface area contributed by atoms with Gasteiger partial charge in [-0.15, -0.1) is 5.73 Å². The van der Waals surface area contributed by atoms with E-state index in [9.17, 15) is 14.4 Å². The minimum absolute atomic E-state index is 0.221. The van der Waals surface area contributed by atoms with E-state index < -0.39 is 11.9 Å². The highest BCUT2D eigenvalue weighted by atomic mass is 16.5. The molecule has 1 aliphatic rings. The molecule has 2 N–H and O–H groups in total. The number of esters is 1. The fourth-order valence-electron chi connectivity index (χ4n) is 2.11. The van der Waals surface area contributed by atoms with Crippen molar-refractivity contribution in [2.45, 2.75) is 6.92 Å². The SMILES string of the molecule is CCOC(=O)CNC(=O)CNC(=O)c1ccccc1C1=C=CC=C1. The standard InChI is InChI=1S/C18H18N2O4/c1-2-24-17(22)12-19-16(21)11-20-18(23)15-10-6-5-9-14(15)13-7-3-4-8-13/h3-7,9-10H,2,11-12H2,1H3,(H,19,21)(H,20,23). The van der Waals surface area contributed by atoms with Gasteiger partial charge in [-0.3, -0.25) is 14.4 Å². The van der Waals surface area contributed by atoms with Gasteiger partial charge in [0.25, 0.3) is 5.91 Å². The Balaban J connectivity index is 1.92. The number of nitrogens with one attached hydrogen (secondary N) is 2. The Hall–Kier alpha value is -3.11. The van der Waals surface area contributed by atoms with Crippen LogP contribution in [0, 0.1) is 0 Å². The summed E-state index contributed by atoms with van der Waals surface area (Å²) in [4.78, 5) is 35.1. The Labute approximate surface area is 139 Å². The Morgan fingerprint density at radius 2 is 1.92 bits per heavy atom. The van der Waals surface area contributed by atoms with Crippen molar-refractivity contribution >= 4 is 23.4 Å². The number of benzene rings is 1. The predicted molar refractivity (Wildman–Crippen MR) is 89.0 cm³/mol. The van der Waals surface area contributed by atoms with E-state index in [1.54, 1.807) is 25.1 Å². The molecular formula is C18H18N2O4. The van der Waals surface area contributed by atoms with Crippen LogP contribution in [-0.4, -0.2) is 37.5 Å². The first-order valence-electron chi connectivity index (χ1n) is 7.55. The third-order valence-corrected chi connectivity index (χ3v) is 3.20. The molecule has 0 saturated heterocycles. The fraction of sp³-hybridized carbons (Fsp3) is 0.222. The maximum absolute atomic E-state index is 12.3. The van der Waals surface area contributed by atoms with Crippen LogP contribution in [0.15, 0.2) is 48.2 Å². The Morgan fingerprint density at radius 1 is 1.12 bits per heavy atom. The summed E-state index contributed by atoms with van der Waals surface area (Å²) in [5.74, 6) is -1.35. The van der Waals surface area contributed by atoms with E-state index in [4.69, 9.17) is 4.74 Å². The van der Waals surface area contributed by atoms with Crippen molar-refractivity contribution in [3.63, 3.8) is 0 Å². The molecule has 0 radical (unpaired) electrons. The molecule has 1 aromatic carbocycles. The molecule has 2 rings (SSSR count). The number of ether oxygens (including phenoxy) is 1. The average Bonchev–Trinajstić information content (AvgIpc) is 3.12. The van der Waals surface area contributed by atoms with Crippen LogP contribution >= 0.6 is 0 Å². The Kier molecular flexibility index (Phi) is 6.11. The molecular weight excluding hydrogens is 308 g/mol. The molecule has 2 amide bonds. The molecule has 0 aliphatic heterocycles. The molecule has 1 aromatic rings. The summed E-state index contributed by atoms with van der Waals surface area (Å²) in [6.45, 7) is 1.49. The zero-order chi connectivity index (χ0) is 17.4. The summed E-state index contributed by atoms with van der Waals surface area (Å²) in [6, 6.07) is 7.09. The molecule has 0 heterocycles. The summed E-state index contributed by atoms with van der Waals surface area (Å²) in [5.41, 5.74) is 5.06. The highest BCUT2D eigenvalue weighted by molar-refractivity contribution is 6.01.